The molecule has 0 amide bonds. The number of hydrogen-bond donors (Lipinski definition) is 0. The van der Waals surface area contributed by atoms with Crippen molar-refractivity contribution in [1.29, 1.82) is 0 Å². The largest absolute Gasteiger partial charge is 0.460 e. The first-order valence-corrected chi connectivity index (χ1v) is 13.7. The maximum atomic E-state index is 14.3. The zero-order valence-electron chi connectivity index (χ0n) is 19.5. The number of carbonyl (C=O) groups excluding carboxylic acids is 1. The van der Waals surface area contributed by atoms with Gasteiger partial charge in [0, 0.05) is 17.4 Å². The Morgan fingerprint density at radius 2 is 0.975 bits per heavy atom. The molecule has 1 heterocycles. The normalized spacial score (nSPS) is 19.7. The summed E-state index contributed by atoms with van der Waals surface area (Å²) in [5.41, 5.74) is 0. The average Bonchev–Trinajstić information content (AvgIpc) is 3.18. The van der Waals surface area contributed by atoms with E-state index >= 15 is 0 Å². The topological polar surface area (TPSA) is 60.4 Å². The van der Waals surface area contributed by atoms with E-state index in [1.165, 1.54) is 13.8 Å². The molecule has 240 valence electrons. The molecule has 0 atom stereocenters. The molecule has 1 rings (SSSR count). The molecule has 0 N–H and O–H groups in total. The predicted octanol–water partition coefficient (Wildman–Crippen LogP) is 7.04. The lowest BCUT2D eigenvalue weighted by atomic mass is 9.91. The first kappa shape index (κ1) is 36.8. The van der Waals surface area contributed by atoms with Crippen LogP contribution in [-0.2, 0) is 18.5 Å². The van der Waals surface area contributed by atoms with Crippen LogP contribution in [0.4, 0.5) is 74.6 Å². The van der Waals surface area contributed by atoms with Crippen LogP contribution in [0.25, 0.3) is 0 Å². The van der Waals surface area contributed by atoms with Gasteiger partial charge in [-0.2, -0.15) is 83.1 Å². The van der Waals surface area contributed by atoms with Crippen LogP contribution in [0.1, 0.15) is 26.7 Å². The van der Waals surface area contributed by atoms with Crippen molar-refractivity contribution in [2.75, 3.05) is 17.3 Å². The number of ketones is 1. The molecule has 0 aromatic carbocycles. The maximum Gasteiger partial charge on any atom is 0.460 e. The fraction of sp³-hybridized carbons (Fsp3) is 0.941. The highest BCUT2D eigenvalue weighted by molar-refractivity contribution is 8.33. The highest BCUT2D eigenvalue weighted by Gasteiger charge is 2.96. The molecule has 1 saturated heterocycles. The van der Waals surface area contributed by atoms with Gasteiger partial charge in [0.1, 0.15) is 5.78 Å². The molecule has 0 aliphatic carbocycles. The molecule has 0 unspecified atom stereocenters. The molecular formula is C17H17F17O4S2. The van der Waals surface area contributed by atoms with E-state index in [0.29, 0.717) is 0 Å². The van der Waals surface area contributed by atoms with Crippen molar-refractivity contribution in [1.82, 2.24) is 0 Å². The molecule has 0 aromatic rings. The van der Waals surface area contributed by atoms with E-state index in [1.54, 1.807) is 0 Å². The third-order valence-corrected chi connectivity index (χ3v) is 11.2. The number of alkyl halides is 17. The average molecular weight is 672 g/mol. The number of rotatable bonds is 12. The van der Waals surface area contributed by atoms with Gasteiger partial charge in [-0.25, -0.2) is 3.63 Å². The minimum Gasteiger partial charge on any atom is -0.298 e. The highest BCUT2D eigenvalue weighted by atomic mass is 32.3. The summed E-state index contributed by atoms with van der Waals surface area (Å²) in [6, 6.07) is 0. The van der Waals surface area contributed by atoms with Crippen molar-refractivity contribution < 1.29 is 91.5 Å². The summed E-state index contributed by atoms with van der Waals surface area (Å²) < 4.78 is 256. The Labute approximate surface area is 215 Å². The van der Waals surface area contributed by atoms with Crippen molar-refractivity contribution >= 4 is 26.2 Å². The van der Waals surface area contributed by atoms with Gasteiger partial charge in [0.15, 0.2) is 0 Å². The van der Waals surface area contributed by atoms with E-state index in [9.17, 15) is 87.8 Å². The second-order valence-electron chi connectivity index (χ2n) is 8.83. The highest BCUT2D eigenvalue weighted by Crippen LogP contribution is 2.66. The molecular weight excluding hydrogens is 655 g/mol. The standard InChI is InChI=1S/C17H17F17O4S2/c1-8(2)9(35)7-39(5-3-4-6-39)38-40(36,37)17(33,34)15(28,29)13(24,25)11(20,21)10(18,19)12(22,23)14(26,27)16(30,31)32/h8H,3-7H2,1-2H3. The fourth-order valence-electron chi connectivity index (χ4n) is 3.03. The van der Waals surface area contributed by atoms with Gasteiger partial charge in [-0.3, -0.25) is 4.79 Å². The van der Waals surface area contributed by atoms with Crippen molar-refractivity contribution in [2.45, 2.75) is 73.7 Å². The number of halogens is 17. The Kier molecular flexibility index (Phi) is 9.36. The summed E-state index contributed by atoms with van der Waals surface area (Å²) in [6.45, 7) is 2.37. The molecule has 1 fully saturated rings. The van der Waals surface area contributed by atoms with Gasteiger partial charge in [-0.1, -0.05) is 13.8 Å². The molecule has 1 aliphatic rings. The van der Waals surface area contributed by atoms with Crippen LogP contribution in [0.15, 0.2) is 0 Å². The first-order valence-electron chi connectivity index (χ1n) is 10.2. The van der Waals surface area contributed by atoms with Gasteiger partial charge in [-0.15, -0.1) is 10.3 Å². The Morgan fingerprint density at radius 3 is 1.30 bits per heavy atom. The molecule has 1 aliphatic heterocycles. The third-order valence-electron chi connectivity index (χ3n) is 5.57. The van der Waals surface area contributed by atoms with Gasteiger partial charge < -0.3 is 0 Å². The SMILES string of the molecule is CC(C)C(=O)CS1(OS(=O)(=O)C(F)(F)C(F)(F)C(F)(F)C(F)(F)C(F)(F)C(F)(F)C(F)(F)C(F)(F)F)CCCC1. The molecule has 0 spiro atoms. The molecule has 23 heteroatoms. The van der Waals surface area contributed by atoms with Gasteiger partial charge in [-0.05, 0) is 12.8 Å². The zero-order chi connectivity index (χ0) is 32.4. The molecule has 0 radical (unpaired) electrons. The molecule has 40 heavy (non-hydrogen) atoms. The molecule has 4 nitrogen and oxygen atoms in total. The number of Topliss-reactive ketones (excluding diaryl/α,β-unsaturated/α-hetero) is 1. The maximum absolute atomic E-state index is 14.3. The number of carbonyl (C=O) groups is 1. The zero-order valence-corrected chi connectivity index (χ0v) is 21.1. The first-order chi connectivity index (χ1) is 17.2. The van der Waals surface area contributed by atoms with Crippen LogP contribution in [0.2, 0.25) is 0 Å². The van der Waals surface area contributed by atoms with Crippen molar-refractivity contribution in [3.63, 3.8) is 0 Å². The Bertz CT molecular complexity index is 1060. The monoisotopic (exact) mass is 672 g/mol. The van der Waals surface area contributed by atoms with Gasteiger partial charge >= 0.3 is 57.1 Å². The van der Waals surface area contributed by atoms with E-state index in [1.807, 2.05) is 0 Å². The fourth-order valence-corrected chi connectivity index (χ4v) is 8.88. The predicted molar refractivity (Wildman–Crippen MR) is 102 cm³/mol. The van der Waals surface area contributed by atoms with Crippen LogP contribution in [0.3, 0.4) is 0 Å². The van der Waals surface area contributed by atoms with Crippen molar-refractivity contribution in [3.05, 3.63) is 0 Å². The molecule has 0 aromatic heterocycles. The number of hydrogen-bond acceptors (Lipinski definition) is 4. The second kappa shape index (κ2) is 10.2. The van der Waals surface area contributed by atoms with Crippen LogP contribution in [0, 0.1) is 5.92 Å². The lowest BCUT2D eigenvalue weighted by molar-refractivity contribution is -0.458. The van der Waals surface area contributed by atoms with E-state index in [4.69, 9.17) is 0 Å². The lowest BCUT2D eigenvalue weighted by Crippen LogP contribution is -2.75. The Balaban J connectivity index is 3.68. The summed E-state index contributed by atoms with van der Waals surface area (Å²) in [6.07, 6.45) is -8.15. The van der Waals surface area contributed by atoms with Crippen LogP contribution < -0.4 is 0 Å². The third kappa shape index (κ3) is 5.23. The smallest absolute Gasteiger partial charge is 0.298 e. The summed E-state index contributed by atoms with van der Waals surface area (Å²) in [7, 11) is -11.4. The summed E-state index contributed by atoms with van der Waals surface area (Å²) in [5, 5.41) is -7.74. The van der Waals surface area contributed by atoms with Crippen LogP contribution in [0.5, 0.6) is 0 Å². The second-order valence-corrected chi connectivity index (χ2v) is 13.8. The van der Waals surface area contributed by atoms with Gasteiger partial charge in [0.2, 0.25) is 0 Å². The van der Waals surface area contributed by atoms with Crippen molar-refractivity contribution in [2.24, 2.45) is 5.92 Å². The van der Waals surface area contributed by atoms with Gasteiger partial charge in [0.25, 0.3) is 0 Å². The van der Waals surface area contributed by atoms with E-state index in [2.05, 4.69) is 3.63 Å². The summed E-state index contributed by atoms with van der Waals surface area (Å²) in [5.74, 6) is -56.3. The minimum absolute atomic E-state index is 0.124. The van der Waals surface area contributed by atoms with E-state index in [0.717, 1.165) is 0 Å². The minimum atomic E-state index is -8.91. The summed E-state index contributed by atoms with van der Waals surface area (Å²) >= 11 is 0. The molecule has 0 saturated carbocycles. The van der Waals surface area contributed by atoms with Crippen LogP contribution in [-0.4, -0.2) is 78.4 Å². The Morgan fingerprint density at radius 1 is 0.650 bits per heavy atom. The quantitative estimate of drug-likeness (QED) is 0.209. The van der Waals surface area contributed by atoms with Crippen LogP contribution >= 0.6 is 10.3 Å². The van der Waals surface area contributed by atoms with Crippen molar-refractivity contribution in [3.8, 4) is 0 Å². The molecule has 0 bridgehead atoms. The Hall–Kier alpha value is -1.26. The van der Waals surface area contributed by atoms with E-state index in [-0.39, 0.29) is 12.8 Å². The lowest BCUT2D eigenvalue weighted by Gasteiger charge is -2.43. The summed E-state index contributed by atoms with van der Waals surface area (Å²) in [4.78, 5) is 12.0. The van der Waals surface area contributed by atoms with E-state index < -0.39 is 96.4 Å². The van der Waals surface area contributed by atoms with Gasteiger partial charge in [0.05, 0.1) is 5.75 Å².